The quantitative estimate of drug-likeness (QED) is 0.389. The Morgan fingerprint density at radius 2 is 2.04 bits per heavy atom. The molecule has 5 nitrogen and oxygen atoms in total. The lowest BCUT2D eigenvalue weighted by Crippen LogP contribution is -2.44. The zero-order valence-corrected chi connectivity index (χ0v) is 14.6. The normalized spacial score (nSPS) is 34.7. The molecular weight excluding hydrogens is 294 g/mol. The van der Waals surface area contributed by atoms with Crippen molar-refractivity contribution in [3.05, 3.63) is 0 Å². The second-order valence-corrected chi connectivity index (χ2v) is 8.18. The van der Waals surface area contributed by atoms with E-state index in [0.717, 1.165) is 30.4 Å². The van der Waals surface area contributed by atoms with Gasteiger partial charge in [-0.05, 0) is 31.6 Å². The van der Waals surface area contributed by atoms with Crippen molar-refractivity contribution < 1.29 is 23.5 Å². The highest BCUT2D eigenvalue weighted by Gasteiger charge is 2.64. The third-order valence-corrected chi connectivity index (χ3v) is 6.06. The largest absolute Gasteiger partial charge is 0.462 e. The van der Waals surface area contributed by atoms with E-state index in [1.165, 1.54) is 19.3 Å². The highest BCUT2D eigenvalue weighted by atomic mass is 16.6. The second-order valence-electron chi connectivity index (χ2n) is 8.18. The predicted octanol–water partition coefficient (Wildman–Crippen LogP) is 1.99. The number of quaternary nitrogens is 1. The van der Waals surface area contributed by atoms with E-state index in [0.29, 0.717) is 12.5 Å². The summed E-state index contributed by atoms with van der Waals surface area (Å²) in [5, 5.41) is 0. The monoisotopic (exact) mass is 324 g/mol. The van der Waals surface area contributed by atoms with E-state index in [4.69, 9.17) is 9.47 Å². The molecule has 0 N–H and O–H groups in total. The molecule has 3 rings (SSSR count). The van der Waals surface area contributed by atoms with E-state index in [9.17, 15) is 9.59 Å². The molecule has 2 aliphatic carbocycles. The Bertz CT molecular complexity index is 474. The first-order chi connectivity index (χ1) is 10.9. The molecule has 0 radical (unpaired) electrons. The van der Waals surface area contributed by atoms with Crippen LogP contribution in [0.2, 0.25) is 0 Å². The first kappa shape index (κ1) is 16.7. The van der Waals surface area contributed by atoms with Crippen molar-refractivity contribution in [1.29, 1.82) is 0 Å². The molecule has 3 fully saturated rings. The van der Waals surface area contributed by atoms with Gasteiger partial charge >= 0.3 is 11.9 Å². The molecule has 2 bridgehead atoms. The topological polar surface area (TPSA) is 52.6 Å². The van der Waals surface area contributed by atoms with E-state index in [1.807, 2.05) is 0 Å². The number of carbonyl (C=O) groups is 2. The van der Waals surface area contributed by atoms with Crippen LogP contribution in [-0.2, 0) is 19.1 Å². The summed E-state index contributed by atoms with van der Waals surface area (Å²) in [5.41, 5.74) is 0. The number of likely N-dealkylation sites (N-methyl/N-ethyl adjacent to an activating group) is 1. The van der Waals surface area contributed by atoms with Crippen molar-refractivity contribution in [1.82, 2.24) is 0 Å². The van der Waals surface area contributed by atoms with Crippen LogP contribution in [0.5, 0.6) is 0 Å². The molecule has 0 aromatic heterocycles. The Labute approximate surface area is 138 Å². The summed E-state index contributed by atoms with van der Waals surface area (Å²) in [5.74, 6) is -0.251. The molecule has 0 unspecified atom stereocenters. The van der Waals surface area contributed by atoms with Crippen molar-refractivity contribution in [2.45, 2.75) is 45.1 Å². The van der Waals surface area contributed by atoms with Crippen LogP contribution in [0, 0.1) is 23.7 Å². The minimum absolute atomic E-state index is 0.0794. The minimum atomic E-state index is -0.248. The Kier molecular flexibility index (Phi) is 4.68. The fourth-order valence-corrected chi connectivity index (χ4v) is 4.72. The Morgan fingerprint density at radius 1 is 1.26 bits per heavy atom. The van der Waals surface area contributed by atoms with E-state index in [1.54, 1.807) is 0 Å². The second kappa shape index (κ2) is 6.42. The molecule has 0 amide bonds. The summed E-state index contributed by atoms with van der Waals surface area (Å²) >= 11 is 0. The number of rotatable bonds is 8. The molecule has 130 valence electrons. The number of carbonyl (C=O) groups excluding carboxylic acids is 2. The van der Waals surface area contributed by atoms with Crippen LogP contribution in [0.1, 0.15) is 39.0 Å². The fraction of sp³-hybridized carbons (Fsp3) is 0.889. The summed E-state index contributed by atoms with van der Waals surface area (Å²) in [4.78, 5) is 24.4. The van der Waals surface area contributed by atoms with Gasteiger partial charge in [0.2, 0.25) is 0 Å². The third-order valence-electron chi connectivity index (χ3n) is 6.06. The van der Waals surface area contributed by atoms with Gasteiger partial charge in [0.15, 0.2) is 0 Å². The number of esters is 2. The van der Waals surface area contributed by atoms with Gasteiger partial charge in [0.05, 0.1) is 32.5 Å². The number of nitrogens with zero attached hydrogens (tertiary/aromatic N) is 1. The molecule has 1 heterocycles. The Balaban J connectivity index is 1.46. The van der Waals surface area contributed by atoms with Crippen LogP contribution in [0.3, 0.4) is 0 Å². The Morgan fingerprint density at radius 3 is 2.78 bits per heavy atom. The van der Waals surface area contributed by atoms with Crippen LogP contribution in [0.25, 0.3) is 0 Å². The lowest BCUT2D eigenvalue weighted by molar-refractivity contribution is -0.890. The lowest BCUT2D eigenvalue weighted by Gasteiger charge is -2.30. The van der Waals surface area contributed by atoms with Crippen molar-refractivity contribution in [2.24, 2.45) is 23.7 Å². The van der Waals surface area contributed by atoms with Gasteiger partial charge in [-0.25, -0.2) is 0 Å². The average Bonchev–Trinajstić information content (AvgIpc) is 3.08. The van der Waals surface area contributed by atoms with Gasteiger partial charge in [0.1, 0.15) is 19.3 Å². The zero-order valence-electron chi connectivity index (χ0n) is 14.6. The molecule has 0 aromatic rings. The lowest BCUT2D eigenvalue weighted by atomic mass is 9.80. The number of hydrogen-bond acceptors (Lipinski definition) is 4. The molecule has 0 spiro atoms. The van der Waals surface area contributed by atoms with Crippen molar-refractivity contribution in [3.8, 4) is 0 Å². The molecular formula is C18H30NO4+. The van der Waals surface area contributed by atoms with Gasteiger partial charge in [0.25, 0.3) is 0 Å². The maximum absolute atomic E-state index is 12.5. The molecule has 1 saturated heterocycles. The van der Waals surface area contributed by atoms with Crippen LogP contribution < -0.4 is 0 Å². The number of ether oxygens (including phenoxy) is 2. The minimum Gasteiger partial charge on any atom is -0.462 e. The summed E-state index contributed by atoms with van der Waals surface area (Å²) in [6, 6.07) is 0. The number of fused-ring (bicyclic) bond motifs is 1. The SMILES string of the molecule is CCCCC[N+](C)(C)CCOC(=O)[C@H]1[C@H]2C[C@@H]3[C@@H]1C(=O)O[C@@H]3C2. The van der Waals surface area contributed by atoms with Gasteiger partial charge in [-0.15, -0.1) is 0 Å². The first-order valence-electron chi connectivity index (χ1n) is 9.12. The van der Waals surface area contributed by atoms with Gasteiger partial charge in [-0.1, -0.05) is 13.3 Å². The molecule has 1 aliphatic heterocycles. The number of unbranched alkanes of at least 4 members (excludes halogenated alkanes) is 2. The standard InChI is InChI=1S/C18H30NO4/c1-4-5-6-7-19(2,3)8-9-22-17(20)15-12-10-13-14(11-12)23-18(21)16(13)15/h12-16H,4-11H2,1-3H3/q+1/t12-,13-,14+,15-,16-/m0/s1. The summed E-state index contributed by atoms with van der Waals surface area (Å²) in [6.07, 6.45) is 5.56. The number of hydrogen-bond donors (Lipinski definition) is 0. The fourth-order valence-electron chi connectivity index (χ4n) is 4.72. The van der Waals surface area contributed by atoms with Gasteiger partial charge in [-0.2, -0.15) is 0 Å². The maximum atomic E-state index is 12.5. The smallest absolute Gasteiger partial charge is 0.310 e. The third kappa shape index (κ3) is 3.25. The first-order valence-corrected chi connectivity index (χ1v) is 9.12. The van der Waals surface area contributed by atoms with Crippen LogP contribution in [0.4, 0.5) is 0 Å². The summed E-state index contributed by atoms with van der Waals surface area (Å²) in [7, 11) is 4.36. The molecule has 0 aromatic carbocycles. The maximum Gasteiger partial charge on any atom is 0.310 e. The molecule has 3 aliphatic rings. The van der Waals surface area contributed by atoms with Gasteiger partial charge in [0, 0.05) is 5.92 Å². The van der Waals surface area contributed by atoms with E-state index in [-0.39, 0.29) is 35.8 Å². The molecule has 5 heteroatoms. The highest BCUT2D eigenvalue weighted by molar-refractivity contribution is 5.85. The van der Waals surface area contributed by atoms with Gasteiger partial charge < -0.3 is 14.0 Å². The summed E-state index contributed by atoms with van der Waals surface area (Å²) < 4.78 is 11.8. The molecule has 2 saturated carbocycles. The van der Waals surface area contributed by atoms with Crippen molar-refractivity contribution in [2.75, 3.05) is 33.8 Å². The van der Waals surface area contributed by atoms with E-state index >= 15 is 0 Å². The predicted molar refractivity (Wildman–Crippen MR) is 85.4 cm³/mol. The van der Waals surface area contributed by atoms with Crippen LogP contribution in [0.15, 0.2) is 0 Å². The van der Waals surface area contributed by atoms with E-state index < -0.39 is 0 Å². The molecule has 23 heavy (non-hydrogen) atoms. The summed E-state index contributed by atoms with van der Waals surface area (Å²) in [6.45, 7) is 4.58. The van der Waals surface area contributed by atoms with E-state index in [2.05, 4.69) is 21.0 Å². The van der Waals surface area contributed by atoms with Crippen LogP contribution >= 0.6 is 0 Å². The zero-order chi connectivity index (χ0) is 16.6. The van der Waals surface area contributed by atoms with Crippen LogP contribution in [-0.4, -0.2) is 56.3 Å². The van der Waals surface area contributed by atoms with Crippen molar-refractivity contribution >= 4 is 11.9 Å². The molecule has 5 atom stereocenters. The van der Waals surface area contributed by atoms with Gasteiger partial charge in [-0.3, -0.25) is 9.59 Å². The van der Waals surface area contributed by atoms with Crippen molar-refractivity contribution in [3.63, 3.8) is 0 Å². The Hall–Kier alpha value is -1.10. The highest BCUT2D eigenvalue weighted by Crippen LogP contribution is 2.57. The average molecular weight is 324 g/mol.